The zero-order valence-corrected chi connectivity index (χ0v) is 7.11. The van der Waals surface area contributed by atoms with Crippen LogP contribution in [0.5, 0.6) is 0 Å². The van der Waals surface area contributed by atoms with Gasteiger partial charge in [-0.2, -0.15) is 0 Å². The molecule has 0 saturated carbocycles. The molecule has 58 valence electrons. The smallest absolute Gasteiger partial charge is 0.320 e. The van der Waals surface area contributed by atoms with E-state index in [0.717, 1.165) is 12.8 Å². The van der Waals surface area contributed by atoms with Crippen molar-refractivity contribution in [1.82, 2.24) is 0 Å². The summed E-state index contributed by atoms with van der Waals surface area (Å²) in [5.41, 5.74) is 0.123. The molecule has 0 N–H and O–H groups in total. The fourth-order valence-electron chi connectivity index (χ4n) is 0.914. The van der Waals surface area contributed by atoms with Crippen LogP contribution in [0.2, 0.25) is 0 Å². The molecule has 0 bridgehead atoms. The Hall–Kier alpha value is -0.180. The molecule has 1 fully saturated rings. The monoisotopic (exact) mass is 160 g/mol. The molecule has 0 aromatic rings. The summed E-state index contributed by atoms with van der Waals surface area (Å²) in [6.07, 6.45) is 1.81. The first kappa shape index (κ1) is 7.92. The Morgan fingerprint density at radius 2 is 2.20 bits per heavy atom. The Bertz CT molecular complexity index is 136. The maximum atomic E-state index is 10.9. The SMILES string of the molecule is CCC1OC(=O)C(CC)S1. The second kappa shape index (κ2) is 3.28. The Kier molecular flexibility index (Phi) is 2.60. The van der Waals surface area contributed by atoms with Crippen LogP contribution in [0.25, 0.3) is 0 Å². The van der Waals surface area contributed by atoms with E-state index in [1.807, 2.05) is 13.8 Å². The summed E-state index contributed by atoms with van der Waals surface area (Å²) in [5.74, 6) is -0.0284. The molecule has 3 heteroatoms. The minimum absolute atomic E-state index is 0.0284. The second-order valence-corrected chi connectivity index (χ2v) is 3.67. The molecule has 1 aliphatic heterocycles. The van der Waals surface area contributed by atoms with Gasteiger partial charge in [-0.1, -0.05) is 13.8 Å². The van der Waals surface area contributed by atoms with Gasteiger partial charge in [0.2, 0.25) is 0 Å². The fourth-order valence-corrected chi connectivity index (χ4v) is 1.98. The lowest BCUT2D eigenvalue weighted by Crippen LogP contribution is -2.10. The molecule has 0 radical (unpaired) electrons. The summed E-state index contributed by atoms with van der Waals surface area (Å²) >= 11 is 1.65. The molecule has 0 spiro atoms. The van der Waals surface area contributed by atoms with Gasteiger partial charge in [-0.15, -0.1) is 11.8 Å². The van der Waals surface area contributed by atoms with E-state index in [-0.39, 0.29) is 16.7 Å². The lowest BCUT2D eigenvalue weighted by Gasteiger charge is -2.01. The number of thioether (sulfide) groups is 1. The molecule has 2 unspecified atom stereocenters. The molecule has 10 heavy (non-hydrogen) atoms. The Labute approximate surface area is 65.3 Å². The van der Waals surface area contributed by atoms with Crippen LogP contribution in [0.1, 0.15) is 26.7 Å². The largest absolute Gasteiger partial charge is 0.450 e. The van der Waals surface area contributed by atoms with Crippen molar-refractivity contribution >= 4 is 17.7 Å². The molecule has 0 aromatic carbocycles. The third-order valence-electron chi connectivity index (χ3n) is 1.53. The number of ether oxygens (including phenoxy) is 1. The van der Waals surface area contributed by atoms with Crippen LogP contribution >= 0.6 is 11.8 Å². The van der Waals surface area contributed by atoms with Gasteiger partial charge in [0.1, 0.15) is 10.7 Å². The van der Waals surface area contributed by atoms with Crippen LogP contribution in [0, 0.1) is 0 Å². The van der Waals surface area contributed by atoms with Crippen LogP contribution in [-0.4, -0.2) is 16.7 Å². The molecular formula is C7H12O2S. The molecular weight excluding hydrogens is 148 g/mol. The average Bonchev–Trinajstić information content (AvgIpc) is 2.30. The lowest BCUT2D eigenvalue weighted by atomic mass is 10.3. The third-order valence-corrected chi connectivity index (χ3v) is 3.12. The number of cyclic esters (lactones) is 1. The molecule has 2 nitrogen and oxygen atoms in total. The predicted octanol–water partition coefficient (Wildman–Crippen LogP) is 1.79. The average molecular weight is 160 g/mol. The van der Waals surface area contributed by atoms with E-state index in [4.69, 9.17) is 4.74 Å². The van der Waals surface area contributed by atoms with Crippen LogP contribution in [0.4, 0.5) is 0 Å². The predicted molar refractivity (Wildman–Crippen MR) is 41.8 cm³/mol. The highest BCUT2D eigenvalue weighted by atomic mass is 32.2. The quantitative estimate of drug-likeness (QED) is 0.576. The van der Waals surface area contributed by atoms with Gasteiger partial charge in [-0.05, 0) is 12.8 Å². The maximum Gasteiger partial charge on any atom is 0.320 e. The molecule has 0 aromatic heterocycles. The summed E-state index contributed by atoms with van der Waals surface area (Å²) in [4.78, 5) is 10.9. The second-order valence-electron chi connectivity index (χ2n) is 2.31. The maximum absolute atomic E-state index is 10.9. The van der Waals surface area contributed by atoms with Crippen molar-refractivity contribution in [2.24, 2.45) is 0 Å². The summed E-state index contributed by atoms with van der Waals surface area (Å²) in [6, 6.07) is 0. The normalized spacial score (nSPS) is 32.4. The molecule has 1 saturated heterocycles. The van der Waals surface area contributed by atoms with Gasteiger partial charge in [-0.3, -0.25) is 4.79 Å². The lowest BCUT2D eigenvalue weighted by molar-refractivity contribution is -0.142. The van der Waals surface area contributed by atoms with E-state index in [2.05, 4.69) is 0 Å². The van der Waals surface area contributed by atoms with Gasteiger partial charge in [0.05, 0.1) is 0 Å². The van der Waals surface area contributed by atoms with Gasteiger partial charge < -0.3 is 4.74 Å². The number of hydrogen-bond donors (Lipinski definition) is 0. The minimum atomic E-state index is -0.0284. The van der Waals surface area contributed by atoms with Crippen molar-refractivity contribution in [2.45, 2.75) is 37.4 Å². The standard InChI is InChI=1S/C7H12O2S/c1-3-5-7(8)9-6(4-2)10-5/h5-6H,3-4H2,1-2H3. The Balaban J connectivity index is 2.44. The topological polar surface area (TPSA) is 26.3 Å². The van der Waals surface area contributed by atoms with Gasteiger partial charge in [0.25, 0.3) is 0 Å². The minimum Gasteiger partial charge on any atom is -0.450 e. The number of carbonyl (C=O) groups excluding carboxylic acids is 1. The van der Waals surface area contributed by atoms with Crippen molar-refractivity contribution in [3.63, 3.8) is 0 Å². The summed E-state index contributed by atoms with van der Waals surface area (Å²) < 4.78 is 5.04. The van der Waals surface area contributed by atoms with Crippen molar-refractivity contribution in [1.29, 1.82) is 0 Å². The van der Waals surface area contributed by atoms with Crippen molar-refractivity contribution in [3.05, 3.63) is 0 Å². The van der Waals surface area contributed by atoms with Gasteiger partial charge >= 0.3 is 5.97 Å². The van der Waals surface area contributed by atoms with Gasteiger partial charge in [0, 0.05) is 0 Å². The van der Waals surface area contributed by atoms with E-state index in [1.165, 1.54) is 0 Å². The number of rotatable bonds is 2. The molecule has 1 rings (SSSR count). The Morgan fingerprint density at radius 1 is 1.50 bits per heavy atom. The number of carbonyl (C=O) groups is 1. The zero-order valence-electron chi connectivity index (χ0n) is 6.29. The highest BCUT2D eigenvalue weighted by molar-refractivity contribution is 8.01. The van der Waals surface area contributed by atoms with Crippen molar-refractivity contribution in [3.8, 4) is 0 Å². The summed E-state index contributed by atoms with van der Waals surface area (Å²) in [7, 11) is 0. The molecule has 2 atom stereocenters. The zero-order chi connectivity index (χ0) is 7.56. The molecule has 1 aliphatic rings. The first-order chi connectivity index (χ1) is 4.77. The van der Waals surface area contributed by atoms with Gasteiger partial charge in [-0.25, -0.2) is 0 Å². The van der Waals surface area contributed by atoms with E-state index in [9.17, 15) is 4.79 Å². The van der Waals surface area contributed by atoms with E-state index in [0.29, 0.717) is 0 Å². The Morgan fingerprint density at radius 3 is 2.50 bits per heavy atom. The number of hydrogen-bond acceptors (Lipinski definition) is 3. The van der Waals surface area contributed by atoms with E-state index in [1.54, 1.807) is 11.8 Å². The third kappa shape index (κ3) is 1.45. The summed E-state index contributed by atoms with van der Waals surface area (Å²) in [5, 5.41) is 0.102. The molecule has 0 amide bonds. The van der Waals surface area contributed by atoms with E-state index >= 15 is 0 Å². The van der Waals surface area contributed by atoms with Crippen LogP contribution in [-0.2, 0) is 9.53 Å². The molecule has 1 heterocycles. The summed E-state index contributed by atoms with van der Waals surface area (Å²) in [6.45, 7) is 4.04. The van der Waals surface area contributed by atoms with Crippen LogP contribution < -0.4 is 0 Å². The van der Waals surface area contributed by atoms with Crippen LogP contribution in [0.3, 0.4) is 0 Å². The first-order valence-electron chi connectivity index (χ1n) is 3.63. The number of esters is 1. The molecule has 0 aliphatic carbocycles. The van der Waals surface area contributed by atoms with E-state index < -0.39 is 0 Å². The highest BCUT2D eigenvalue weighted by Gasteiger charge is 2.32. The van der Waals surface area contributed by atoms with Crippen LogP contribution in [0.15, 0.2) is 0 Å². The first-order valence-corrected chi connectivity index (χ1v) is 4.58. The van der Waals surface area contributed by atoms with Crippen molar-refractivity contribution < 1.29 is 9.53 Å². The highest BCUT2D eigenvalue weighted by Crippen LogP contribution is 2.31. The van der Waals surface area contributed by atoms with Crippen molar-refractivity contribution in [2.75, 3.05) is 0 Å². The van der Waals surface area contributed by atoms with Gasteiger partial charge in [0.15, 0.2) is 0 Å². The fraction of sp³-hybridized carbons (Fsp3) is 0.857.